The average Bonchev–Trinajstić information content (AvgIpc) is 2.36. The quantitative estimate of drug-likeness (QED) is 0.400. The van der Waals surface area contributed by atoms with Crippen molar-refractivity contribution in [3.8, 4) is 11.9 Å². The van der Waals surface area contributed by atoms with Crippen molar-refractivity contribution >= 4 is 22.6 Å². The van der Waals surface area contributed by atoms with Crippen molar-refractivity contribution in [2.75, 3.05) is 12.9 Å². The predicted octanol–water partition coefficient (Wildman–Crippen LogP) is 3.67. The Balaban J connectivity index is 3.08. The maximum Gasteiger partial charge on any atom is 0.183 e. The van der Waals surface area contributed by atoms with Crippen molar-refractivity contribution in [2.45, 2.75) is 20.8 Å². The zero-order valence-electron chi connectivity index (χ0n) is 12.0. The number of nitriles is 1. The van der Waals surface area contributed by atoms with Crippen molar-refractivity contribution in [3.63, 3.8) is 0 Å². The fourth-order valence-electron chi connectivity index (χ4n) is 1.30. The molecule has 0 aliphatic rings. The summed E-state index contributed by atoms with van der Waals surface area (Å²) in [6, 6.07) is 4.53. The van der Waals surface area contributed by atoms with E-state index in [9.17, 15) is 4.39 Å². The fourth-order valence-corrected chi connectivity index (χ4v) is 1.64. The Morgan fingerprint density at radius 1 is 1.50 bits per heavy atom. The van der Waals surface area contributed by atoms with Crippen LogP contribution in [0.2, 0.25) is 0 Å². The maximum atomic E-state index is 13.9. The van der Waals surface area contributed by atoms with Gasteiger partial charge in [-0.05, 0) is 23.8 Å². The van der Waals surface area contributed by atoms with Crippen LogP contribution in [0.4, 0.5) is 10.1 Å². The van der Waals surface area contributed by atoms with E-state index in [2.05, 4.69) is 10.3 Å². The summed E-state index contributed by atoms with van der Waals surface area (Å²) < 4.78 is 19.4. The van der Waals surface area contributed by atoms with E-state index in [1.54, 1.807) is 24.6 Å². The van der Waals surface area contributed by atoms with Gasteiger partial charge in [0.2, 0.25) is 0 Å². The Morgan fingerprint density at radius 2 is 2.20 bits per heavy atom. The molecule has 0 aliphatic heterocycles. The van der Waals surface area contributed by atoms with Crippen LogP contribution in [0, 0.1) is 22.7 Å². The Morgan fingerprint density at radius 3 is 2.75 bits per heavy atom. The molecule has 0 spiro atoms. The normalized spacial score (nSPS) is 11.9. The summed E-state index contributed by atoms with van der Waals surface area (Å²) in [4.78, 5) is 4.21. The number of hydrogen-bond acceptors (Lipinski definition) is 4. The number of rotatable bonds is 3. The van der Waals surface area contributed by atoms with Gasteiger partial charge in [-0.25, -0.2) is 9.38 Å². The molecule has 108 valence electrons. The second-order valence-corrected chi connectivity index (χ2v) is 6.09. The molecule has 1 aromatic rings. The van der Waals surface area contributed by atoms with Crippen molar-refractivity contribution in [3.05, 3.63) is 24.0 Å². The Labute approximate surface area is 123 Å². The smallest absolute Gasteiger partial charge is 0.183 e. The lowest BCUT2D eigenvalue weighted by Gasteiger charge is -2.20. The first-order chi connectivity index (χ1) is 9.37. The van der Waals surface area contributed by atoms with Crippen LogP contribution in [0.15, 0.2) is 23.2 Å². The van der Waals surface area contributed by atoms with E-state index in [-0.39, 0.29) is 11.2 Å². The summed E-state index contributed by atoms with van der Waals surface area (Å²) in [5, 5.41) is 11.4. The minimum atomic E-state index is -0.465. The van der Waals surface area contributed by atoms with Crippen LogP contribution in [-0.4, -0.2) is 18.0 Å². The molecular weight excluding hydrogens is 277 g/mol. The van der Waals surface area contributed by atoms with Crippen LogP contribution in [0.5, 0.6) is 5.75 Å². The van der Waals surface area contributed by atoms with E-state index in [0.717, 1.165) is 0 Å². The zero-order valence-corrected chi connectivity index (χ0v) is 12.8. The van der Waals surface area contributed by atoms with Crippen LogP contribution in [-0.2, 0) is 0 Å². The van der Waals surface area contributed by atoms with E-state index in [1.165, 1.54) is 17.8 Å². The minimum Gasteiger partial charge on any atom is -0.488 e. The number of amidine groups is 1. The van der Waals surface area contributed by atoms with Crippen molar-refractivity contribution < 1.29 is 9.13 Å². The summed E-state index contributed by atoms with van der Waals surface area (Å²) in [7, 11) is 0. The lowest BCUT2D eigenvalue weighted by molar-refractivity contribution is 0.192. The standard InChI is InChI=1S/C14H18FN3OS/c1-14(2,3)8-19-12-10(15)6-5-7-11(12)18-13(20-4)17-9-16/h5-7H,8H2,1-4H3,(H,17,18). The predicted molar refractivity (Wildman–Crippen MR) is 80.7 cm³/mol. The molecule has 0 atom stereocenters. The second kappa shape index (κ2) is 7.15. The van der Waals surface area contributed by atoms with Gasteiger partial charge in [-0.15, -0.1) is 0 Å². The fraction of sp³-hybridized carbons (Fsp3) is 0.429. The largest absolute Gasteiger partial charge is 0.488 e. The highest BCUT2D eigenvalue weighted by atomic mass is 32.2. The first-order valence-corrected chi connectivity index (χ1v) is 7.29. The van der Waals surface area contributed by atoms with Crippen molar-refractivity contribution in [1.29, 1.82) is 5.26 Å². The van der Waals surface area contributed by atoms with Gasteiger partial charge in [0.25, 0.3) is 0 Å². The molecule has 0 heterocycles. The summed E-state index contributed by atoms with van der Waals surface area (Å²) in [6.45, 7) is 6.38. The van der Waals surface area contributed by atoms with Gasteiger partial charge in [0.15, 0.2) is 22.9 Å². The Kier molecular flexibility index (Phi) is 5.83. The van der Waals surface area contributed by atoms with E-state index in [0.29, 0.717) is 17.5 Å². The number of benzene rings is 1. The summed E-state index contributed by atoms with van der Waals surface area (Å²) in [5.74, 6) is -0.360. The topological polar surface area (TPSA) is 57.4 Å². The lowest BCUT2D eigenvalue weighted by atomic mass is 9.99. The van der Waals surface area contributed by atoms with Gasteiger partial charge < -0.3 is 4.74 Å². The maximum absolute atomic E-state index is 13.9. The molecule has 0 fully saturated rings. The molecule has 1 N–H and O–H groups in total. The van der Waals surface area contributed by atoms with Gasteiger partial charge in [0.1, 0.15) is 5.69 Å². The van der Waals surface area contributed by atoms with Crippen LogP contribution < -0.4 is 10.1 Å². The number of nitrogens with zero attached hydrogens (tertiary/aromatic N) is 2. The third-order valence-electron chi connectivity index (χ3n) is 2.17. The molecule has 1 rings (SSSR count). The monoisotopic (exact) mass is 295 g/mol. The lowest BCUT2D eigenvalue weighted by Crippen LogP contribution is -2.17. The molecular formula is C14H18FN3OS. The van der Waals surface area contributed by atoms with E-state index in [4.69, 9.17) is 10.00 Å². The molecule has 1 aromatic carbocycles. The number of hydrogen-bond donors (Lipinski definition) is 1. The third-order valence-corrected chi connectivity index (χ3v) is 2.75. The first-order valence-electron chi connectivity index (χ1n) is 6.06. The number of para-hydroxylation sites is 1. The highest BCUT2D eigenvalue weighted by Gasteiger charge is 2.16. The van der Waals surface area contributed by atoms with Gasteiger partial charge in [-0.3, -0.25) is 5.32 Å². The molecule has 0 aliphatic carbocycles. The van der Waals surface area contributed by atoms with E-state index in [1.807, 2.05) is 20.8 Å². The van der Waals surface area contributed by atoms with Gasteiger partial charge in [0.05, 0.1) is 6.61 Å². The summed E-state index contributed by atoms with van der Waals surface area (Å²) in [5.41, 5.74) is 0.276. The molecule has 0 unspecified atom stereocenters. The van der Waals surface area contributed by atoms with Crippen LogP contribution in [0.25, 0.3) is 0 Å². The SMILES string of the molecule is CSC(=Nc1cccc(F)c1OCC(C)(C)C)NC#N. The Bertz CT molecular complexity index is 532. The first kappa shape index (κ1) is 16.3. The van der Waals surface area contributed by atoms with Crippen molar-refractivity contribution in [2.24, 2.45) is 10.4 Å². The number of halogens is 1. The number of nitrogens with one attached hydrogen (secondary N) is 1. The average molecular weight is 295 g/mol. The molecule has 6 heteroatoms. The summed E-state index contributed by atoms with van der Waals surface area (Å²) in [6.07, 6.45) is 3.57. The molecule has 0 saturated carbocycles. The van der Waals surface area contributed by atoms with Gasteiger partial charge in [-0.2, -0.15) is 5.26 Å². The second-order valence-electron chi connectivity index (χ2n) is 5.30. The number of aliphatic imine (C=N–C) groups is 1. The van der Waals surface area contributed by atoms with Gasteiger partial charge in [-0.1, -0.05) is 38.6 Å². The van der Waals surface area contributed by atoms with Crippen LogP contribution in [0.3, 0.4) is 0 Å². The highest BCUT2D eigenvalue weighted by Crippen LogP contribution is 2.32. The third kappa shape index (κ3) is 5.10. The van der Waals surface area contributed by atoms with E-state index < -0.39 is 5.82 Å². The minimum absolute atomic E-state index is 0.0868. The molecule has 0 aromatic heterocycles. The highest BCUT2D eigenvalue weighted by molar-refractivity contribution is 8.13. The van der Waals surface area contributed by atoms with Gasteiger partial charge in [0, 0.05) is 0 Å². The molecule has 0 saturated heterocycles. The molecule has 0 bridgehead atoms. The van der Waals surface area contributed by atoms with E-state index >= 15 is 0 Å². The van der Waals surface area contributed by atoms with Crippen molar-refractivity contribution in [1.82, 2.24) is 5.32 Å². The zero-order chi connectivity index (χ0) is 15.2. The molecule has 0 radical (unpaired) electrons. The van der Waals surface area contributed by atoms with Crippen LogP contribution in [0.1, 0.15) is 20.8 Å². The number of thioether (sulfide) groups is 1. The van der Waals surface area contributed by atoms with Crippen LogP contribution >= 0.6 is 11.8 Å². The molecule has 4 nitrogen and oxygen atoms in total. The molecule has 20 heavy (non-hydrogen) atoms. The Hall–Kier alpha value is -1.74. The van der Waals surface area contributed by atoms with Gasteiger partial charge >= 0.3 is 0 Å². The number of ether oxygens (including phenoxy) is 1. The summed E-state index contributed by atoms with van der Waals surface area (Å²) >= 11 is 1.27. The molecule has 0 amide bonds.